The summed E-state index contributed by atoms with van der Waals surface area (Å²) >= 11 is 0. The first-order valence-corrected chi connectivity index (χ1v) is 12.9. The van der Waals surface area contributed by atoms with Gasteiger partial charge in [-0.05, 0) is 54.0 Å². The molecule has 0 aliphatic rings. The van der Waals surface area contributed by atoms with E-state index in [2.05, 4.69) is 35.3 Å². The van der Waals surface area contributed by atoms with Crippen LogP contribution in [0.2, 0.25) is 0 Å². The summed E-state index contributed by atoms with van der Waals surface area (Å²) in [6.45, 7) is 8.07. The molecule has 4 nitrogen and oxygen atoms in total. The Hall–Kier alpha value is -3.01. The summed E-state index contributed by atoms with van der Waals surface area (Å²) in [5.41, 5.74) is 0. The van der Waals surface area contributed by atoms with Crippen molar-refractivity contribution in [1.82, 2.24) is 4.98 Å². The van der Waals surface area contributed by atoms with Crippen LogP contribution in [-0.4, -0.2) is 15.9 Å². The number of ketones is 1. The number of para-hydroxylation sites is 1. The van der Waals surface area contributed by atoms with E-state index < -0.39 is 0 Å². The number of hydrogen-bond acceptors (Lipinski definition) is 4. The van der Waals surface area contributed by atoms with Crippen molar-refractivity contribution in [2.45, 2.75) is 53.4 Å². The molecule has 3 aromatic carbocycles. The first-order chi connectivity index (χ1) is 17.5. The van der Waals surface area contributed by atoms with Crippen LogP contribution in [0.5, 0.6) is 11.6 Å². The molecule has 0 bridgehead atoms. The minimum Gasteiger partial charge on any atom is -0.512 e. The van der Waals surface area contributed by atoms with Crippen molar-refractivity contribution in [3.63, 3.8) is 0 Å². The summed E-state index contributed by atoms with van der Waals surface area (Å²) in [6.07, 6.45) is 6.75. The van der Waals surface area contributed by atoms with E-state index in [0.29, 0.717) is 11.6 Å². The van der Waals surface area contributed by atoms with Crippen LogP contribution in [0.3, 0.4) is 0 Å². The van der Waals surface area contributed by atoms with E-state index in [1.54, 1.807) is 0 Å². The van der Waals surface area contributed by atoms with Crippen LogP contribution in [0.25, 0.3) is 21.5 Å². The normalized spacial score (nSPS) is 11.2. The zero-order chi connectivity index (χ0) is 25.9. The van der Waals surface area contributed by atoms with Crippen molar-refractivity contribution in [2.75, 3.05) is 0 Å². The third-order valence-corrected chi connectivity index (χ3v) is 6.54. The summed E-state index contributed by atoms with van der Waals surface area (Å²) < 4.78 is 5.73. The Kier molecular flexibility index (Phi) is 12.5. The van der Waals surface area contributed by atoms with E-state index in [1.165, 1.54) is 16.8 Å². The number of fused-ring (bicyclic) bond motifs is 2. The Labute approximate surface area is 234 Å². The summed E-state index contributed by atoms with van der Waals surface area (Å²) in [5.74, 6) is 1.80. The predicted molar refractivity (Wildman–Crippen MR) is 148 cm³/mol. The fraction of sp³-hybridized carbons (Fsp3) is 0.312. The topological polar surface area (TPSA) is 59.4 Å². The number of nitrogens with zero attached hydrogens (tertiary/aromatic N) is 1. The van der Waals surface area contributed by atoms with Gasteiger partial charge < -0.3 is 9.84 Å². The first kappa shape index (κ1) is 30.2. The molecular formula is C32H36IrNO3-. The second kappa shape index (κ2) is 15.3. The minimum absolute atomic E-state index is 0. The van der Waals surface area contributed by atoms with Crippen LogP contribution < -0.4 is 4.74 Å². The number of ether oxygens (including phenoxy) is 1. The molecule has 0 saturated carbocycles. The second-order valence-corrected chi connectivity index (χ2v) is 8.90. The van der Waals surface area contributed by atoms with Gasteiger partial charge in [0, 0.05) is 61.4 Å². The molecule has 4 aromatic rings. The van der Waals surface area contributed by atoms with E-state index >= 15 is 0 Å². The molecule has 5 heteroatoms. The molecule has 0 aliphatic heterocycles. The van der Waals surface area contributed by atoms with Gasteiger partial charge in [0.25, 0.3) is 0 Å². The van der Waals surface area contributed by atoms with Gasteiger partial charge in [-0.2, -0.15) is 18.2 Å². The molecule has 1 heterocycles. The molecule has 0 amide bonds. The number of rotatable bonds is 9. The smallest absolute Gasteiger partial charge is 0.217 e. The summed E-state index contributed by atoms with van der Waals surface area (Å²) in [4.78, 5) is 16.1. The van der Waals surface area contributed by atoms with Gasteiger partial charge >= 0.3 is 0 Å². The number of carbonyl (C=O) groups excluding carboxylic acids is 1. The quantitative estimate of drug-likeness (QED) is 0.0835. The number of aromatic nitrogens is 1. The molecule has 0 aliphatic carbocycles. The maximum absolute atomic E-state index is 11.7. The van der Waals surface area contributed by atoms with E-state index in [0.717, 1.165) is 36.5 Å². The Morgan fingerprint density at radius 2 is 1.46 bits per heavy atom. The molecule has 37 heavy (non-hydrogen) atoms. The number of aliphatic hydroxyl groups is 1. The van der Waals surface area contributed by atoms with E-state index in [1.807, 2.05) is 76.4 Å². The third-order valence-electron chi connectivity index (χ3n) is 6.54. The fourth-order valence-electron chi connectivity index (χ4n) is 4.20. The van der Waals surface area contributed by atoms with Gasteiger partial charge in [0.05, 0.1) is 5.76 Å². The van der Waals surface area contributed by atoms with Crippen LogP contribution in [0, 0.1) is 17.9 Å². The largest absolute Gasteiger partial charge is 0.512 e. The molecule has 0 unspecified atom stereocenters. The molecule has 0 atom stereocenters. The fourth-order valence-corrected chi connectivity index (χ4v) is 4.20. The number of carbonyl (C=O) groups is 1. The van der Waals surface area contributed by atoms with Gasteiger partial charge in [-0.15, -0.1) is 12.1 Å². The van der Waals surface area contributed by atoms with Crippen molar-refractivity contribution in [3.8, 4) is 11.6 Å². The van der Waals surface area contributed by atoms with Crippen LogP contribution >= 0.6 is 0 Å². The minimum atomic E-state index is 0. The number of hydrogen-bond donors (Lipinski definition) is 1. The van der Waals surface area contributed by atoms with Gasteiger partial charge in [-0.3, -0.25) is 4.79 Å². The summed E-state index contributed by atoms with van der Waals surface area (Å²) in [7, 11) is 0. The molecule has 0 fully saturated rings. The van der Waals surface area contributed by atoms with Crippen molar-refractivity contribution in [1.29, 1.82) is 0 Å². The molecule has 1 aromatic heterocycles. The van der Waals surface area contributed by atoms with Crippen molar-refractivity contribution >= 4 is 27.3 Å². The van der Waals surface area contributed by atoms with Gasteiger partial charge in [0.2, 0.25) is 5.88 Å². The van der Waals surface area contributed by atoms with Crippen molar-refractivity contribution < 1.29 is 34.7 Å². The zero-order valence-corrected chi connectivity index (χ0v) is 24.4. The van der Waals surface area contributed by atoms with Gasteiger partial charge in [-0.25, -0.2) is 4.98 Å². The van der Waals surface area contributed by atoms with Crippen LogP contribution in [-0.2, 0) is 24.9 Å². The average molecular weight is 675 g/mol. The van der Waals surface area contributed by atoms with E-state index in [-0.39, 0.29) is 43.5 Å². The Bertz CT molecular complexity index is 1300. The Balaban J connectivity index is 0.000000271. The zero-order valence-electron chi connectivity index (χ0n) is 22.0. The van der Waals surface area contributed by atoms with Crippen LogP contribution in [0.1, 0.15) is 53.4 Å². The maximum atomic E-state index is 11.7. The van der Waals surface area contributed by atoms with Crippen molar-refractivity contribution in [3.05, 3.63) is 90.8 Å². The predicted octanol–water partition coefficient (Wildman–Crippen LogP) is 8.85. The van der Waals surface area contributed by atoms with Crippen molar-refractivity contribution in [2.24, 2.45) is 11.8 Å². The van der Waals surface area contributed by atoms with E-state index in [9.17, 15) is 9.90 Å². The number of allylic oxidation sites excluding steroid dienone is 2. The average Bonchev–Trinajstić information content (AvgIpc) is 2.90. The number of pyridine rings is 1. The molecule has 0 saturated heterocycles. The second-order valence-electron chi connectivity index (χ2n) is 8.90. The van der Waals surface area contributed by atoms with Gasteiger partial charge in [-0.1, -0.05) is 52.0 Å². The SMILES string of the molecule is CCC(CC)C(=O)/C=C(\O)C(CC)CC.[Ir].[c-]1ccccc1Oc1cc2cc3ccccc3cc2cn1. The summed E-state index contributed by atoms with van der Waals surface area (Å²) in [6, 6.07) is 25.1. The Morgan fingerprint density at radius 3 is 2.03 bits per heavy atom. The Morgan fingerprint density at radius 1 is 0.865 bits per heavy atom. The molecule has 197 valence electrons. The first-order valence-electron chi connectivity index (χ1n) is 12.9. The molecular weight excluding hydrogens is 639 g/mol. The molecule has 1 N–H and O–H groups in total. The molecule has 0 spiro atoms. The van der Waals surface area contributed by atoms with Crippen LogP contribution in [0.4, 0.5) is 0 Å². The van der Waals surface area contributed by atoms with Crippen LogP contribution in [0.15, 0.2) is 84.8 Å². The molecule has 4 rings (SSSR count). The van der Waals surface area contributed by atoms with E-state index in [4.69, 9.17) is 4.74 Å². The standard InChI is InChI=1S/C19H12NO.C13H24O2.Ir/c1-2-8-18(9-3-1)21-19-12-16-10-14-6-4-5-7-15(14)11-17(16)13-20-19;1-5-10(6-2)12(14)9-13(15)11(7-3)8-4;/h1-8,10-13H;9-11,14H,5-8H2,1-4H3;/q-1;;/b;12-9-;. The number of aliphatic hydroxyl groups excluding tert-OH is 1. The third kappa shape index (κ3) is 8.52. The molecule has 1 radical (unpaired) electrons. The van der Waals surface area contributed by atoms with Gasteiger partial charge in [0.1, 0.15) is 0 Å². The van der Waals surface area contributed by atoms with Gasteiger partial charge in [0.15, 0.2) is 5.78 Å². The monoisotopic (exact) mass is 675 g/mol. The summed E-state index contributed by atoms with van der Waals surface area (Å²) in [5, 5.41) is 14.4. The number of benzene rings is 3. The maximum Gasteiger partial charge on any atom is 0.217 e.